The molecule has 0 radical (unpaired) electrons. The standard InChI is InChI=1S/C17H27NO/c1-14(18-2)7-5-6-12-19-17-11-10-15-8-3-4-9-16(15)13-17/h10-11,13-14,18H,3-9,12H2,1-2H3. The summed E-state index contributed by atoms with van der Waals surface area (Å²) in [5.74, 6) is 1.06. The lowest BCUT2D eigenvalue weighted by molar-refractivity contribution is 0.302. The minimum atomic E-state index is 0.615. The highest BCUT2D eigenvalue weighted by molar-refractivity contribution is 5.37. The highest BCUT2D eigenvalue weighted by atomic mass is 16.5. The van der Waals surface area contributed by atoms with Crippen molar-refractivity contribution in [3.8, 4) is 5.75 Å². The summed E-state index contributed by atoms with van der Waals surface area (Å²) in [7, 11) is 2.02. The number of fused-ring (bicyclic) bond motifs is 1. The molecule has 1 aromatic rings. The van der Waals surface area contributed by atoms with E-state index in [2.05, 4.69) is 30.4 Å². The molecule has 1 N–H and O–H groups in total. The molecule has 0 aliphatic heterocycles. The van der Waals surface area contributed by atoms with Crippen LogP contribution in [0.25, 0.3) is 0 Å². The van der Waals surface area contributed by atoms with Gasteiger partial charge in [0.05, 0.1) is 6.61 Å². The molecule has 0 aromatic heterocycles. The second kappa shape index (κ2) is 7.54. The van der Waals surface area contributed by atoms with E-state index in [4.69, 9.17) is 4.74 Å². The highest BCUT2D eigenvalue weighted by Gasteiger charge is 2.09. The number of benzene rings is 1. The van der Waals surface area contributed by atoms with Crippen LogP contribution in [0.2, 0.25) is 0 Å². The molecular formula is C17H27NO. The molecular weight excluding hydrogens is 234 g/mol. The van der Waals surface area contributed by atoms with E-state index < -0.39 is 0 Å². The summed E-state index contributed by atoms with van der Waals surface area (Å²) in [6.07, 6.45) is 8.75. The Kier molecular flexibility index (Phi) is 5.71. The number of ether oxygens (including phenoxy) is 1. The van der Waals surface area contributed by atoms with Crippen LogP contribution in [0.1, 0.15) is 50.2 Å². The van der Waals surface area contributed by atoms with Crippen LogP contribution in [0.15, 0.2) is 18.2 Å². The van der Waals surface area contributed by atoms with Gasteiger partial charge in [-0.05, 0) is 82.2 Å². The maximum atomic E-state index is 5.87. The maximum absolute atomic E-state index is 5.87. The third-order valence-electron chi connectivity index (χ3n) is 4.11. The van der Waals surface area contributed by atoms with Crippen molar-refractivity contribution in [1.29, 1.82) is 0 Å². The Morgan fingerprint density at radius 2 is 1.95 bits per heavy atom. The Hall–Kier alpha value is -1.02. The Morgan fingerprint density at radius 3 is 2.74 bits per heavy atom. The second-order valence-corrected chi connectivity index (χ2v) is 5.67. The van der Waals surface area contributed by atoms with E-state index in [-0.39, 0.29) is 0 Å². The molecule has 2 rings (SSSR count). The molecule has 0 fully saturated rings. The zero-order valence-corrected chi connectivity index (χ0v) is 12.4. The van der Waals surface area contributed by atoms with Gasteiger partial charge in [0, 0.05) is 6.04 Å². The van der Waals surface area contributed by atoms with E-state index >= 15 is 0 Å². The van der Waals surface area contributed by atoms with Gasteiger partial charge in [-0.25, -0.2) is 0 Å². The van der Waals surface area contributed by atoms with Crippen LogP contribution in [-0.4, -0.2) is 19.7 Å². The van der Waals surface area contributed by atoms with E-state index in [1.54, 1.807) is 0 Å². The van der Waals surface area contributed by atoms with Crippen molar-refractivity contribution >= 4 is 0 Å². The molecule has 1 atom stereocenters. The van der Waals surface area contributed by atoms with E-state index in [0.29, 0.717) is 6.04 Å². The third-order valence-corrected chi connectivity index (χ3v) is 4.11. The predicted molar refractivity (Wildman–Crippen MR) is 81.0 cm³/mol. The zero-order chi connectivity index (χ0) is 13.5. The fraction of sp³-hybridized carbons (Fsp3) is 0.647. The Bertz CT molecular complexity index is 389. The number of hydrogen-bond donors (Lipinski definition) is 1. The average Bonchev–Trinajstić information content (AvgIpc) is 2.46. The number of nitrogens with one attached hydrogen (secondary N) is 1. The number of rotatable bonds is 7. The van der Waals surface area contributed by atoms with Crippen molar-refractivity contribution in [3.05, 3.63) is 29.3 Å². The quantitative estimate of drug-likeness (QED) is 0.755. The molecule has 0 amide bonds. The van der Waals surface area contributed by atoms with Gasteiger partial charge >= 0.3 is 0 Å². The van der Waals surface area contributed by atoms with Crippen molar-refractivity contribution in [2.24, 2.45) is 0 Å². The van der Waals surface area contributed by atoms with Gasteiger partial charge < -0.3 is 10.1 Å². The molecule has 2 nitrogen and oxygen atoms in total. The smallest absolute Gasteiger partial charge is 0.119 e. The normalized spacial score (nSPS) is 15.9. The van der Waals surface area contributed by atoms with Gasteiger partial charge in [0.2, 0.25) is 0 Å². The van der Waals surface area contributed by atoms with Crippen LogP contribution < -0.4 is 10.1 Å². The zero-order valence-electron chi connectivity index (χ0n) is 12.4. The topological polar surface area (TPSA) is 21.3 Å². The minimum Gasteiger partial charge on any atom is -0.494 e. The van der Waals surface area contributed by atoms with Crippen LogP contribution in [0.4, 0.5) is 0 Å². The fourth-order valence-electron chi connectivity index (χ4n) is 2.69. The molecule has 106 valence electrons. The summed E-state index contributed by atoms with van der Waals surface area (Å²) >= 11 is 0. The minimum absolute atomic E-state index is 0.615. The lowest BCUT2D eigenvalue weighted by Gasteiger charge is -2.17. The van der Waals surface area contributed by atoms with E-state index in [0.717, 1.165) is 18.8 Å². The Labute approximate surface area is 117 Å². The average molecular weight is 261 g/mol. The molecule has 0 heterocycles. The first kappa shape index (κ1) is 14.4. The van der Waals surface area contributed by atoms with Gasteiger partial charge in [-0.2, -0.15) is 0 Å². The molecule has 0 spiro atoms. The highest BCUT2D eigenvalue weighted by Crippen LogP contribution is 2.25. The summed E-state index contributed by atoms with van der Waals surface area (Å²) < 4.78 is 5.87. The fourth-order valence-corrected chi connectivity index (χ4v) is 2.69. The van der Waals surface area contributed by atoms with Crippen molar-refractivity contribution < 1.29 is 4.74 Å². The molecule has 0 saturated carbocycles. The lowest BCUT2D eigenvalue weighted by Crippen LogP contribution is -2.20. The third kappa shape index (κ3) is 4.54. The number of hydrogen-bond acceptors (Lipinski definition) is 2. The Balaban J connectivity index is 1.71. The monoisotopic (exact) mass is 261 g/mol. The van der Waals surface area contributed by atoms with Gasteiger partial charge in [-0.15, -0.1) is 0 Å². The van der Waals surface area contributed by atoms with Crippen LogP contribution in [0, 0.1) is 0 Å². The van der Waals surface area contributed by atoms with Gasteiger partial charge in [0.25, 0.3) is 0 Å². The molecule has 2 heteroatoms. The molecule has 19 heavy (non-hydrogen) atoms. The summed E-state index contributed by atoms with van der Waals surface area (Å²) in [6, 6.07) is 7.27. The molecule has 1 aromatic carbocycles. The van der Waals surface area contributed by atoms with Gasteiger partial charge in [-0.3, -0.25) is 0 Å². The van der Waals surface area contributed by atoms with Crippen LogP contribution in [0.3, 0.4) is 0 Å². The summed E-state index contributed by atoms with van der Waals surface area (Å²) in [6.45, 7) is 3.07. The second-order valence-electron chi connectivity index (χ2n) is 5.67. The van der Waals surface area contributed by atoms with Gasteiger partial charge in [0.15, 0.2) is 0 Å². The van der Waals surface area contributed by atoms with E-state index in [1.165, 1.54) is 49.7 Å². The molecule has 1 aliphatic rings. The van der Waals surface area contributed by atoms with Crippen molar-refractivity contribution in [3.63, 3.8) is 0 Å². The summed E-state index contributed by atoms with van der Waals surface area (Å²) in [4.78, 5) is 0. The van der Waals surface area contributed by atoms with E-state index in [1.807, 2.05) is 7.05 Å². The predicted octanol–water partition coefficient (Wildman–Crippen LogP) is 3.72. The maximum Gasteiger partial charge on any atom is 0.119 e. The van der Waals surface area contributed by atoms with Crippen LogP contribution in [-0.2, 0) is 12.8 Å². The first-order chi connectivity index (χ1) is 9.29. The first-order valence-corrected chi connectivity index (χ1v) is 7.71. The van der Waals surface area contributed by atoms with Crippen LogP contribution in [0.5, 0.6) is 5.75 Å². The first-order valence-electron chi connectivity index (χ1n) is 7.71. The van der Waals surface area contributed by atoms with E-state index in [9.17, 15) is 0 Å². The van der Waals surface area contributed by atoms with Crippen molar-refractivity contribution in [2.45, 2.75) is 57.9 Å². The Morgan fingerprint density at radius 1 is 1.16 bits per heavy atom. The number of unbranched alkanes of at least 4 members (excludes halogenated alkanes) is 1. The summed E-state index contributed by atoms with van der Waals surface area (Å²) in [5.41, 5.74) is 3.04. The van der Waals surface area contributed by atoms with Crippen LogP contribution >= 0.6 is 0 Å². The van der Waals surface area contributed by atoms with Gasteiger partial charge in [0.1, 0.15) is 5.75 Å². The van der Waals surface area contributed by atoms with Crippen molar-refractivity contribution in [2.75, 3.05) is 13.7 Å². The summed E-state index contributed by atoms with van der Waals surface area (Å²) in [5, 5.41) is 3.27. The lowest BCUT2D eigenvalue weighted by atomic mass is 9.92. The van der Waals surface area contributed by atoms with Crippen molar-refractivity contribution in [1.82, 2.24) is 5.32 Å². The number of aryl methyl sites for hydroxylation is 2. The molecule has 0 bridgehead atoms. The van der Waals surface area contributed by atoms with Gasteiger partial charge in [-0.1, -0.05) is 6.07 Å². The molecule has 1 aliphatic carbocycles. The molecule has 0 saturated heterocycles. The molecule has 1 unspecified atom stereocenters. The SMILES string of the molecule is CNC(C)CCCCOc1ccc2c(c1)CCCC2. The largest absolute Gasteiger partial charge is 0.494 e.